The molecule has 0 bridgehead atoms. The fourth-order valence-electron chi connectivity index (χ4n) is 1.83. The highest BCUT2D eigenvalue weighted by Gasteiger charge is 2.07. The van der Waals surface area contributed by atoms with Gasteiger partial charge in [0.15, 0.2) is 0 Å². The van der Waals surface area contributed by atoms with Crippen molar-refractivity contribution in [3.8, 4) is 5.75 Å². The lowest BCUT2D eigenvalue weighted by molar-refractivity contribution is -0.122. The lowest BCUT2D eigenvalue weighted by Gasteiger charge is -2.17. The van der Waals surface area contributed by atoms with E-state index in [1.165, 1.54) is 0 Å². The Balaban J connectivity index is 2.54. The van der Waals surface area contributed by atoms with E-state index in [2.05, 4.69) is 5.32 Å². The van der Waals surface area contributed by atoms with Gasteiger partial charge in [-0.2, -0.15) is 0 Å². The maximum Gasteiger partial charge on any atom is 0.234 e. The molecule has 0 saturated heterocycles. The molecule has 3 N–H and O–H groups in total. The SMILES string of the molecule is CCCNC(=O)CN(C)Cc1cc(N)cc(OC)c1. The minimum Gasteiger partial charge on any atom is -0.497 e. The normalized spacial score (nSPS) is 10.5. The number of anilines is 1. The highest BCUT2D eigenvalue weighted by molar-refractivity contribution is 5.77. The van der Waals surface area contributed by atoms with Crippen molar-refractivity contribution in [2.75, 3.05) is 33.0 Å². The van der Waals surface area contributed by atoms with E-state index in [1.807, 2.05) is 31.0 Å². The van der Waals surface area contributed by atoms with Gasteiger partial charge in [0, 0.05) is 24.8 Å². The molecule has 0 radical (unpaired) electrons. The number of methoxy groups -OCH3 is 1. The summed E-state index contributed by atoms with van der Waals surface area (Å²) in [5.41, 5.74) is 7.50. The van der Waals surface area contributed by atoms with Crippen molar-refractivity contribution in [1.29, 1.82) is 0 Å². The summed E-state index contributed by atoms with van der Waals surface area (Å²) in [5.74, 6) is 0.777. The second-order valence-electron chi connectivity index (χ2n) is 4.64. The summed E-state index contributed by atoms with van der Waals surface area (Å²) < 4.78 is 5.17. The molecule has 106 valence electrons. The number of benzene rings is 1. The van der Waals surface area contributed by atoms with Gasteiger partial charge in [-0.15, -0.1) is 0 Å². The Hall–Kier alpha value is -1.75. The Labute approximate surface area is 114 Å². The van der Waals surface area contributed by atoms with Crippen LogP contribution in [-0.4, -0.2) is 38.1 Å². The molecule has 0 aliphatic carbocycles. The first-order chi connectivity index (χ1) is 9.05. The molecule has 0 saturated carbocycles. The average Bonchev–Trinajstić information content (AvgIpc) is 2.35. The summed E-state index contributed by atoms with van der Waals surface area (Å²) >= 11 is 0. The number of ether oxygens (including phenoxy) is 1. The molecule has 0 aromatic heterocycles. The van der Waals surface area contributed by atoms with Gasteiger partial charge in [-0.3, -0.25) is 9.69 Å². The van der Waals surface area contributed by atoms with Gasteiger partial charge in [0.25, 0.3) is 0 Å². The number of rotatable bonds is 7. The number of hydrogen-bond acceptors (Lipinski definition) is 4. The Morgan fingerprint density at radius 2 is 2.16 bits per heavy atom. The van der Waals surface area contributed by atoms with Gasteiger partial charge in [0.1, 0.15) is 5.75 Å². The largest absolute Gasteiger partial charge is 0.497 e. The van der Waals surface area contributed by atoms with E-state index in [4.69, 9.17) is 10.5 Å². The van der Waals surface area contributed by atoms with Gasteiger partial charge in [-0.05, 0) is 31.2 Å². The summed E-state index contributed by atoms with van der Waals surface area (Å²) in [6.07, 6.45) is 0.946. The third-order valence-corrected chi connectivity index (χ3v) is 2.66. The molecule has 0 heterocycles. The van der Waals surface area contributed by atoms with Crippen LogP contribution in [0.2, 0.25) is 0 Å². The van der Waals surface area contributed by atoms with E-state index >= 15 is 0 Å². The molecular weight excluding hydrogens is 242 g/mol. The molecule has 0 atom stereocenters. The molecular formula is C14H23N3O2. The number of amides is 1. The van der Waals surface area contributed by atoms with Crippen molar-refractivity contribution in [3.63, 3.8) is 0 Å². The molecule has 1 amide bonds. The van der Waals surface area contributed by atoms with Crippen molar-refractivity contribution >= 4 is 11.6 Å². The minimum atomic E-state index is 0.0419. The van der Waals surface area contributed by atoms with Crippen LogP contribution in [0, 0.1) is 0 Å². The number of nitrogens with two attached hydrogens (primary N) is 1. The van der Waals surface area contributed by atoms with E-state index in [1.54, 1.807) is 13.2 Å². The van der Waals surface area contributed by atoms with Crippen molar-refractivity contribution in [2.24, 2.45) is 0 Å². The minimum absolute atomic E-state index is 0.0419. The third kappa shape index (κ3) is 5.61. The molecule has 0 aliphatic heterocycles. The van der Waals surface area contributed by atoms with Crippen LogP contribution in [0.5, 0.6) is 5.75 Å². The Morgan fingerprint density at radius 1 is 1.42 bits per heavy atom. The molecule has 1 aromatic rings. The second-order valence-corrected chi connectivity index (χ2v) is 4.64. The Morgan fingerprint density at radius 3 is 2.79 bits per heavy atom. The van der Waals surface area contributed by atoms with E-state index in [-0.39, 0.29) is 5.91 Å². The first-order valence-electron chi connectivity index (χ1n) is 6.43. The number of hydrogen-bond donors (Lipinski definition) is 2. The topological polar surface area (TPSA) is 67.6 Å². The zero-order chi connectivity index (χ0) is 14.3. The van der Waals surface area contributed by atoms with Gasteiger partial charge < -0.3 is 15.8 Å². The van der Waals surface area contributed by atoms with Crippen LogP contribution < -0.4 is 15.8 Å². The van der Waals surface area contributed by atoms with E-state index < -0.39 is 0 Å². The summed E-state index contributed by atoms with van der Waals surface area (Å²) in [6, 6.07) is 5.59. The van der Waals surface area contributed by atoms with Gasteiger partial charge in [-0.1, -0.05) is 6.92 Å². The number of likely N-dealkylation sites (N-methyl/N-ethyl adjacent to an activating group) is 1. The van der Waals surface area contributed by atoms with Crippen LogP contribution in [0.3, 0.4) is 0 Å². The third-order valence-electron chi connectivity index (χ3n) is 2.66. The van der Waals surface area contributed by atoms with E-state index in [0.29, 0.717) is 18.8 Å². The maximum absolute atomic E-state index is 11.6. The summed E-state index contributed by atoms with van der Waals surface area (Å²) in [6.45, 7) is 3.78. The molecule has 1 aromatic carbocycles. The lowest BCUT2D eigenvalue weighted by Crippen LogP contribution is -2.35. The molecule has 0 fully saturated rings. The van der Waals surface area contributed by atoms with Crippen LogP contribution in [0.25, 0.3) is 0 Å². The van der Waals surface area contributed by atoms with Crippen LogP contribution in [0.4, 0.5) is 5.69 Å². The van der Waals surface area contributed by atoms with Crippen LogP contribution >= 0.6 is 0 Å². The summed E-state index contributed by atoms with van der Waals surface area (Å²) in [4.78, 5) is 13.5. The first-order valence-corrected chi connectivity index (χ1v) is 6.43. The fourth-order valence-corrected chi connectivity index (χ4v) is 1.83. The summed E-state index contributed by atoms with van der Waals surface area (Å²) in [7, 11) is 3.52. The van der Waals surface area contributed by atoms with Gasteiger partial charge in [0.05, 0.1) is 13.7 Å². The van der Waals surface area contributed by atoms with Crippen molar-refractivity contribution < 1.29 is 9.53 Å². The monoisotopic (exact) mass is 265 g/mol. The summed E-state index contributed by atoms with van der Waals surface area (Å²) in [5, 5.41) is 2.85. The van der Waals surface area contributed by atoms with Crippen LogP contribution in [-0.2, 0) is 11.3 Å². The lowest BCUT2D eigenvalue weighted by atomic mass is 10.2. The van der Waals surface area contributed by atoms with Crippen molar-refractivity contribution in [2.45, 2.75) is 19.9 Å². The molecule has 0 spiro atoms. The fraction of sp³-hybridized carbons (Fsp3) is 0.500. The highest BCUT2D eigenvalue weighted by Crippen LogP contribution is 2.19. The number of carbonyl (C=O) groups is 1. The van der Waals surface area contributed by atoms with E-state index in [9.17, 15) is 4.79 Å². The Bertz CT molecular complexity index is 421. The molecule has 1 rings (SSSR count). The zero-order valence-electron chi connectivity index (χ0n) is 11.9. The number of carbonyl (C=O) groups excluding carboxylic acids is 1. The second kappa shape index (κ2) is 7.63. The molecule has 0 aliphatic rings. The number of nitrogens with one attached hydrogen (secondary N) is 1. The quantitative estimate of drug-likeness (QED) is 0.728. The number of nitrogens with zero attached hydrogens (tertiary/aromatic N) is 1. The van der Waals surface area contributed by atoms with Crippen LogP contribution in [0.15, 0.2) is 18.2 Å². The molecule has 5 nitrogen and oxygen atoms in total. The first kappa shape index (κ1) is 15.3. The smallest absolute Gasteiger partial charge is 0.234 e. The van der Waals surface area contributed by atoms with Crippen LogP contribution in [0.1, 0.15) is 18.9 Å². The zero-order valence-corrected chi connectivity index (χ0v) is 11.9. The highest BCUT2D eigenvalue weighted by atomic mass is 16.5. The van der Waals surface area contributed by atoms with Gasteiger partial charge in [-0.25, -0.2) is 0 Å². The maximum atomic E-state index is 11.6. The number of nitrogen functional groups attached to an aromatic ring is 1. The van der Waals surface area contributed by atoms with Crippen molar-refractivity contribution in [3.05, 3.63) is 23.8 Å². The Kier molecular flexibility index (Phi) is 6.15. The molecule has 0 unspecified atom stereocenters. The van der Waals surface area contributed by atoms with E-state index in [0.717, 1.165) is 24.3 Å². The predicted octanol–water partition coefficient (Wildman–Crippen LogP) is 1.24. The average molecular weight is 265 g/mol. The van der Waals surface area contributed by atoms with Gasteiger partial charge in [0.2, 0.25) is 5.91 Å². The standard InChI is InChI=1S/C14H23N3O2/c1-4-5-16-14(18)10-17(2)9-11-6-12(15)8-13(7-11)19-3/h6-8H,4-5,9-10,15H2,1-3H3,(H,16,18). The van der Waals surface area contributed by atoms with Gasteiger partial charge >= 0.3 is 0 Å². The molecule has 5 heteroatoms. The van der Waals surface area contributed by atoms with Crippen molar-refractivity contribution in [1.82, 2.24) is 10.2 Å². The predicted molar refractivity (Wildman–Crippen MR) is 77.0 cm³/mol. The molecule has 19 heavy (non-hydrogen) atoms.